The fourth-order valence-corrected chi connectivity index (χ4v) is 4.50. The van der Waals surface area contributed by atoms with Gasteiger partial charge >= 0.3 is 5.97 Å². The van der Waals surface area contributed by atoms with E-state index in [1.807, 2.05) is 49.6 Å². The SMILES string of the molecule is C=C/C=C(\C=C/Cc1ccc(S(=O)NCC(=O)O)cc1)COCSC1=C(NC)C=CC=CC1. The van der Waals surface area contributed by atoms with Crippen LogP contribution >= 0.6 is 11.8 Å². The Morgan fingerprint density at radius 3 is 2.79 bits per heavy atom. The summed E-state index contributed by atoms with van der Waals surface area (Å²) >= 11 is 1.69. The minimum absolute atomic E-state index is 0.349. The first kappa shape index (κ1) is 26.6. The number of allylic oxidation sites excluding steroid dienone is 8. The van der Waals surface area contributed by atoms with Gasteiger partial charge in [0.05, 0.1) is 17.4 Å². The molecule has 3 N–H and O–H groups in total. The van der Waals surface area contributed by atoms with Crippen molar-refractivity contribution >= 4 is 28.7 Å². The molecule has 0 bridgehead atoms. The van der Waals surface area contributed by atoms with E-state index in [0.717, 1.165) is 23.3 Å². The van der Waals surface area contributed by atoms with Gasteiger partial charge in [0.1, 0.15) is 17.5 Å². The highest BCUT2D eigenvalue weighted by Gasteiger charge is 2.06. The van der Waals surface area contributed by atoms with Gasteiger partial charge in [-0.2, -0.15) is 0 Å². The number of aliphatic carboxylic acids is 1. The molecule has 1 atom stereocenters. The molecule has 1 aromatic rings. The molecule has 2 rings (SSSR count). The molecule has 0 saturated carbocycles. The zero-order chi connectivity index (χ0) is 23.9. The summed E-state index contributed by atoms with van der Waals surface area (Å²) in [6, 6.07) is 7.24. The van der Waals surface area contributed by atoms with Crippen molar-refractivity contribution in [2.45, 2.75) is 17.7 Å². The fourth-order valence-electron chi connectivity index (χ4n) is 2.85. The van der Waals surface area contributed by atoms with Crippen LogP contribution in [0.5, 0.6) is 0 Å². The van der Waals surface area contributed by atoms with Crippen molar-refractivity contribution in [2.24, 2.45) is 0 Å². The Balaban J connectivity index is 1.82. The zero-order valence-electron chi connectivity index (χ0n) is 18.7. The molecule has 1 unspecified atom stereocenters. The number of carbonyl (C=O) groups is 1. The second-order valence-corrected chi connectivity index (χ2v) is 9.21. The molecular formula is C25H30N2O4S2. The molecule has 1 aliphatic carbocycles. The number of benzene rings is 1. The molecule has 33 heavy (non-hydrogen) atoms. The predicted octanol–water partition coefficient (Wildman–Crippen LogP) is 4.25. The van der Waals surface area contributed by atoms with Crippen molar-refractivity contribution in [3.63, 3.8) is 0 Å². The molecule has 0 radical (unpaired) electrons. The molecule has 8 heteroatoms. The largest absolute Gasteiger partial charge is 0.480 e. The Labute approximate surface area is 202 Å². The average molecular weight is 487 g/mol. The monoisotopic (exact) mass is 486 g/mol. The highest BCUT2D eigenvalue weighted by atomic mass is 32.2. The summed E-state index contributed by atoms with van der Waals surface area (Å²) in [6.45, 7) is 3.91. The van der Waals surface area contributed by atoms with Crippen LogP contribution in [-0.4, -0.2) is 41.4 Å². The van der Waals surface area contributed by atoms with Gasteiger partial charge in [0.25, 0.3) is 0 Å². The van der Waals surface area contributed by atoms with Gasteiger partial charge in [0.15, 0.2) is 0 Å². The Bertz CT molecular complexity index is 977. The van der Waals surface area contributed by atoms with Gasteiger partial charge in [-0.15, -0.1) is 0 Å². The van der Waals surface area contributed by atoms with Gasteiger partial charge in [0, 0.05) is 17.6 Å². The highest BCUT2D eigenvalue weighted by molar-refractivity contribution is 8.02. The summed E-state index contributed by atoms with van der Waals surface area (Å²) < 4.78 is 20.3. The van der Waals surface area contributed by atoms with Crippen molar-refractivity contribution in [3.8, 4) is 0 Å². The first-order chi connectivity index (χ1) is 16.0. The maximum atomic E-state index is 12.0. The van der Waals surface area contributed by atoms with Gasteiger partial charge < -0.3 is 15.2 Å². The van der Waals surface area contributed by atoms with E-state index in [2.05, 4.69) is 28.8 Å². The fraction of sp³-hybridized carbons (Fsp3) is 0.240. The van der Waals surface area contributed by atoms with Crippen LogP contribution in [0, 0.1) is 0 Å². The lowest BCUT2D eigenvalue weighted by molar-refractivity contribution is -0.135. The van der Waals surface area contributed by atoms with Gasteiger partial charge in [-0.25, -0.2) is 8.93 Å². The maximum Gasteiger partial charge on any atom is 0.318 e. The number of nitrogens with one attached hydrogen (secondary N) is 2. The summed E-state index contributed by atoms with van der Waals surface area (Å²) in [4.78, 5) is 12.4. The lowest BCUT2D eigenvalue weighted by Crippen LogP contribution is -2.24. The molecule has 6 nitrogen and oxygen atoms in total. The van der Waals surface area contributed by atoms with Crippen LogP contribution in [0.1, 0.15) is 12.0 Å². The minimum Gasteiger partial charge on any atom is -0.480 e. The molecule has 0 heterocycles. The number of carboxylic acid groups (broad SMARTS) is 1. The van der Waals surface area contributed by atoms with E-state index in [1.54, 1.807) is 30.0 Å². The van der Waals surface area contributed by atoms with Crippen LogP contribution in [-0.2, 0) is 26.9 Å². The molecule has 176 valence electrons. The zero-order valence-corrected chi connectivity index (χ0v) is 20.3. The molecule has 1 aromatic carbocycles. The molecule has 0 aromatic heterocycles. The normalized spacial score (nSPS) is 15.0. The molecule has 0 saturated heterocycles. The maximum absolute atomic E-state index is 12.0. The number of thioether (sulfide) groups is 1. The lowest BCUT2D eigenvalue weighted by atomic mass is 10.1. The summed E-state index contributed by atoms with van der Waals surface area (Å²) in [6.07, 6.45) is 17.6. The van der Waals surface area contributed by atoms with Gasteiger partial charge in [0.2, 0.25) is 0 Å². The molecule has 0 spiro atoms. The van der Waals surface area contributed by atoms with Crippen molar-refractivity contribution in [1.29, 1.82) is 0 Å². The van der Waals surface area contributed by atoms with Crippen LogP contribution in [0.4, 0.5) is 0 Å². The molecule has 0 aliphatic heterocycles. The van der Waals surface area contributed by atoms with E-state index in [0.29, 0.717) is 23.9 Å². The first-order valence-electron chi connectivity index (χ1n) is 10.4. The van der Waals surface area contributed by atoms with E-state index in [9.17, 15) is 9.00 Å². The van der Waals surface area contributed by atoms with E-state index < -0.39 is 17.0 Å². The molecule has 0 fully saturated rings. The van der Waals surface area contributed by atoms with Crippen LogP contribution in [0.2, 0.25) is 0 Å². The standard InChI is InChI=1S/C25H30N2O4S2/c1-3-8-21(18-31-19-32-24-12-6-4-5-11-23(24)26-2)10-7-9-20-13-15-22(16-14-20)33(30)27-17-25(28)29/h3-8,10-11,13-16,26-27H,1,9,12,17-19H2,2H3,(H,28,29)/b10-7-,21-8+. The van der Waals surface area contributed by atoms with Crippen molar-refractivity contribution < 1.29 is 18.8 Å². The van der Waals surface area contributed by atoms with Crippen LogP contribution < -0.4 is 10.0 Å². The third-order valence-electron chi connectivity index (χ3n) is 4.48. The summed E-state index contributed by atoms with van der Waals surface area (Å²) in [5, 5.41) is 11.9. The Morgan fingerprint density at radius 2 is 2.09 bits per heavy atom. The second-order valence-electron chi connectivity index (χ2n) is 6.90. The van der Waals surface area contributed by atoms with Crippen LogP contribution in [0.15, 0.2) is 101 Å². The average Bonchev–Trinajstić information content (AvgIpc) is 3.05. The van der Waals surface area contributed by atoms with Crippen molar-refractivity contribution in [1.82, 2.24) is 10.0 Å². The molecule has 0 amide bonds. The number of hydrogen-bond acceptors (Lipinski definition) is 5. The van der Waals surface area contributed by atoms with E-state index >= 15 is 0 Å². The summed E-state index contributed by atoms with van der Waals surface area (Å²) in [5.74, 6) is -0.492. The van der Waals surface area contributed by atoms with Crippen molar-refractivity contribution in [2.75, 3.05) is 26.1 Å². The second kappa shape index (κ2) is 15.2. The summed E-state index contributed by atoms with van der Waals surface area (Å²) in [7, 11) is 0.381. The van der Waals surface area contributed by atoms with Gasteiger partial charge in [-0.1, -0.05) is 73.0 Å². The van der Waals surface area contributed by atoms with E-state index in [4.69, 9.17) is 9.84 Å². The van der Waals surface area contributed by atoms with E-state index in [-0.39, 0.29) is 6.54 Å². The molecule has 1 aliphatic rings. The Hall–Kier alpha value is -2.65. The predicted molar refractivity (Wildman–Crippen MR) is 137 cm³/mol. The highest BCUT2D eigenvalue weighted by Crippen LogP contribution is 2.25. The third kappa shape index (κ3) is 10.2. The Kier molecular flexibility index (Phi) is 12.3. The number of ether oxygens (including phenoxy) is 1. The summed E-state index contributed by atoms with van der Waals surface area (Å²) in [5.41, 5.74) is 3.19. The van der Waals surface area contributed by atoms with Crippen LogP contribution in [0.3, 0.4) is 0 Å². The van der Waals surface area contributed by atoms with E-state index in [1.165, 1.54) is 4.91 Å². The first-order valence-corrected chi connectivity index (χ1v) is 12.6. The topological polar surface area (TPSA) is 87.7 Å². The lowest BCUT2D eigenvalue weighted by Gasteiger charge is -2.10. The number of carboxylic acids is 1. The number of likely N-dealkylation sites (N-methyl/N-ethyl adjacent to an activating group) is 1. The third-order valence-corrected chi connectivity index (χ3v) is 6.60. The van der Waals surface area contributed by atoms with Gasteiger partial charge in [-0.05, 0) is 42.2 Å². The smallest absolute Gasteiger partial charge is 0.318 e. The molecular weight excluding hydrogens is 456 g/mol. The van der Waals surface area contributed by atoms with Crippen molar-refractivity contribution in [3.05, 3.63) is 101 Å². The van der Waals surface area contributed by atoms with Gasteiger partial charge in [-0.3, -0.25) is 4.79 Å². The number of hydrogen-bond donors (Lipinski definition) is 3. The van der Waals surface area contributed by atoms with Crippen LogP contribution in [0.25, 0.3) is 0 Å². The quantitative estimate of drug-likeness (QED) is 0.207. The Morgan fingerprint density at radius 1 is 1.30 bits per heavy atom. The minimum atomic E-state index is -1.54. The number of rotatable bonds is 14.